The van der Waals surface area contributed by atoms with Crippen molar-refractivity contribution in [1.29, 1.82) is 0 Å². The molecule has 166 valence electrons. The van der Waals surface area contributed by atoms with Crippen LogP contribution in [0.25, 0.3) is 11.1 Å². The Morgan fingerprint density at radius 2 is 1.88 bits per heavy atom. The highest BCUT2D eigenvalue weighted by molar-refractivity contribution is 5.79. The molecule has 2 aromatic carbocycles. The summed E-state index contributed by atoms with van der Waals surface area (Å²) in [5.41, 5.74) is 3.91. The lowest BCUT2D eigenvalue weighted by molar-refractivity contribution is -0.125. The van der Waals surface area contributed by atoms with Gasteiger partial charge in [0.05, 0.1) is 5.92 Å². The van der Waals surface area contributed by atoms with Gasteiger partial charge in [-0.1, -0.05) is 50.2 Å². The first-order valence-electron chi connectivity index (χ1n) is 11.2. The van der Waals surface area contributed by atoms with Gasteiger partial charge in [-0.15, -0.1) is 0 Å². The number of carbonyl (C=O) groups is 1. The summed E-state index contributed by atoms with van der Waals surface area (Å²) in [5.74, 6) is 0.792. The Morgan fingerprint density at radius 3 is 2.56 bits per heavy atom. The molecule has 0 bridgehead atoms. The summed E-state index contributed by atoms with van der Waals surface area (Å²) in [7, 11) is 0. The smallest absolute Gasteiger partial charge is 0.225 e. The summed E-state index contributed by atoms with van der Waals surface area (Å²) in [4.78, 5) is 23.8. The summed E-state index contributed by atoms with van der Waals surface area (Å²) in [6.07, 6.45) is 5.19. The van der Waals surface area contributed by atoms with Gasteiger partial charge in [-0.05, 0) is 47.6 Å². The van der Waals surface area contributed by atoms with Crippen molar-refractivity contribution in [3.63, 3.8) is 0 Å². The Balaban J connectivity index is 1.35. The fourth-order valence-corrected chi connectivity index (χ4v) is 4.03. The van der Waals surface area contributed by atoms with E-state index in [1.165, 1.54) is 17.7 Å². The highest BCUT2D eigenvalue weighted by Gasteiger charge is 2.27. The second-order valence-corrected chi connectivity index (χ2v) is 8.68. The van der Waals surface area contributed by atoms with E-state index in [1.807, 2.05) is 6.07 Å². The van der Waals surface area contributed by atoms with E-state index in [0.29, 0.717) is 25.0 Å². The normalized spacial score (nSPS) is 16.2. The van der Waals surface area contributed by atoms with Crippen molar-refractivity contribution in [2.75, 3.05) is 18.0 Å². The van der Waals surface area contributed by atoms with Gasteiger partial charge in [-0.2, -0.15) is 0 Å². The molecule has 1 aromatic heterocycles. The highest BCUT2D eigenvalue weighted by atomic mass is 19.1. The van der Waals surface area contributed by atoms with Crippen LogP contribution >= 0.6 is 0 Å². The standard InChI is InChI=1S/C26H29FN4O/c1-18(2)20-10-8-19(9-11-20)14-28-25(32)22-6-4-12-31(17-22)26-29-15-23(16-30-26)21-5-3-7-24(27)13-21/h3,5,7-11,13,15-16,18,22H,4,6,12,14,17H2,1-2H3,(H,28,32). The lowest BCUT2D eigenvalue weighted by Gasteiger charge is -2.32. The number of piperidine rings is 1. The third-order valence-corrected chi connectivity index (χ3v) is 5.98. The molecule has 3 aromatic rings. The van der Waals surface area contributed by atoms with E-state index in [-0.39, 0.29) is 17.6 Å². The van der Waals surface area contributed by atoms with Crippen LogP contribution in [0.2, 0.25) is 0 Å². The Hall–Kier alpha value is -3.28. The minimum Gasteiger partial charge on any atom is -0.352 e. The third kappa shape index (κ3) is 5.31. The first kappa shape index (κ1) is 21.9. The van der Waals surface area contributed by atoms with Crippen LogP contribution in [0.5, 0.6) is 0 Å². The number of anilines is 1. The molecule has 4 rings (SSSR count). The van der Waals surface area contributed by atoms with Gasteiger partial charge in [0.15, 0.2) is 0 Å². The number of halogens is 1. The van der Waals surface area contributed by atoms with E-state index in [9.17, 15) is 9.18 Å². The Labute approximate surface area is 188 Å². The van der Waals surface area contributed by atoms with Crippen LogP contribution in [0.15, 0.2) is 60.9 Å². The lowest BCUT2D eigenvalue weighted by atomic mass is 9.97. The monoisotopic (exact) mass is 432 g/mol. The van der Waals surface area contributed by atoms with E-state index in [4.69, 9.17) is 0 Å². The van der Waals surface area contributed by atoms with Gasteiger partial charge in [0.25, 0.3) is 0 Å². The van der Waals surface area contributed by atoms with Crippen LogP contribution in [0.1, 0.15) is 43.7 Å². The summed E-state index contributed by atoms with van der Waals surface area (Å²) >= 11 is 0. The molecule has 2 heterocycles. The number of hydrogen-bond acceptors (Lipinski definition) is 4. The van der Waals surface area contributed by atoms with Crippen molar-refractivity contribution in [3.8, 4) is 11.1 Å². The molecule has 1 amide bonds. The first-order chi connectivity index (χ1) is 15.5. The zero-order chi connectivity index (χ0) is 22.5. The molecule has 0 spiro atoms. The Morgan fingerprint density at radius 1 is 1.12 bits per heavy atom. The van der Waals surface area contributed by atoms with Crippen LogP contribution in [0, 0.1) is 11.7 Å². The number of nitrogens with one attached hydrogen (secondary N) is 1. The second kappa shape index (κ2) is 9.90. The average molecular weight is 433 g/mol. The van der Waals surface area contributed by atoms with Crippen LogP contribution in [-0.4, -0.2) is 29.0 Å². The molecule has 32 heavy (non-hydrogen) atoms. The molecule has 1 aliphatic rings. The van der Waals surface area contributed by atoms with Gasteiger partial charge in [0, 0.05) is 37.6 Å². The molecule has 1 N–H and O–H groups in total. The number of benzene rings is 2. The Kier molecular flexibility index (Phi) is 6.78. The van der Waals surface area contributed by atoms with Crippen LogP contribution in [0.3, 0.4) is 0 Å². The van der Waals surface area contributed by atoms with Crippen molar-refractivity contribution in [3.05, 3.63) is 77.9 Å². The predicted molar refractivity (Wildman–Crippen MR) is 125 cm³/mol. The second-order valence-electron chi connectivity index (χ2n) is 8.68. The van der Waals surface area contributed by atoms with E-state index < -0.39 is 0 Å². The topological polar surface area (TPSA) is 58.1 Å². The predicted octanol–water partition coefficient (Wildman–Crippen LogP) is 4.94. The molecule has 0 aliphatic carbocycles. The zero-order valence-electron chi connectivity index (χ0n) is 18.6. The third-order valence-electron chi connectivity index (χ3n) is 5.98. The molecule has 0 saturated carbocycles. The van der Waals surface area contributed by atoms with Crippen molar-refractivity contribution in [1.82, 2.24) is 15.3 Å². The van der Waals surface area contributed by atoms with Crippen molar-refractivity contribution in [2.45, 2.75) is 39.2 Å². The molecule has 1 fully saturated rings. The fourth-order valence-electron chi connectivity index (χ4n) is 4.03. The highest BCUT2D eigenvalue weighted by Crippen LogP contribution is 2.23. The summed E-state index contributed by atoms with van der Waals surface area (Å²) in [6.45, 7) is 6.29. The van der Waals surface area contributed by atoms with Crippen LogP contribution in [-0.2, 0) is 11.3 Å². The number of carbonyl (C=O) groups excluding carboxylic acids is 1. The largest absolute Gasteiger partial charge is 0.352 e. The summed E-state index contributed by atoms with van der Waals surface area (Å²) in [6, 6.07) is 14.8. The van der Waals surface area contributed by atoms with Crippen LogP contribution < -0.4 is 10.2 Å². The Bertz CT molecular complexity index is 1050. The molecule has 6 heteroatoms. The number of amides is 1. The fraction of sp³-hybridized carbons (Fsp3) is 0.346. The van der Waals surface area contributed by atoms with Gasteiger partial charge in [-0.3, -0.25) is 4.79 Å². The maximum atomic E-state index is 13.5. The van der Waals surface area contributed by atoms with Crippen molar-refractivity contribution >= 4 is 11.9 Å². The van der Waals surface area contributed by atoms with E-state index in [2.05, 4.69) is 58.3 Å². The van der Waals surface area contributed by atoms with Gasteiger partial charge in [0.2, 0.25) is 11.9 Å². The van der Waals surface area contributed by atoms with E-state index in [0.717, 1.165) is 36.1 Å². The summed E-state index contributed by atoms with van der Waals surface area (Å²) in [5, 5.41) is 3.08. The molecule has 1 atom stereocenters. The van der Waals surface area contributed by atoms with Gasteiger partial charge in [-0.25, -0.2) is 14.4 Å². The van der Waals surface area contributed by atoms with Crippen molar-refractivity contribution < 1.29 is 9.18 Å². The number of aromatic nitrogens is 2. The molecule has 1 aliphatic heterocycles. The van der Waals surface area contributed by atoms with Gasteiger partial charge >= 0.3 is 0 Å². The van der Waals surface area contributed by atoms with Crippen LogP contribution in [0.4, 0.5) is 10.3 Å². The van der Waals surface area contributed by atoms with Gasteiger partial charge in [0.1, 0.15) is 5.82 Å². The number of nitrogens with zero attached hydrogens (tertiary/aromatic N) is 3. The SMILES string of the molecule is CC(C)c1ccc(CNC(=O)C2CCCN(c3ncc(-c4cccc(F)c4)cn3)C2)cc1. The minimum absolute atomic E-state index is 0.0685. The maximum Gasteiger partial charge on any atom is 0.225 e. The molecular weight excluding hydrogens is 403 g/mol. The van der Waals surface area contributed by atoms with E-state index >= 15 is 0 Å². The van der Waals surface area contributed by atoms with E-state index in [1.54, 1.807) is 18.5 Å². The zero-order valence-corrected chi connectivity index (χ0v) is 18.6. The molecule has 1 saturated heterocycles. The summed E-state index contributed by atoms with van der Waals surface area (Å²) < 4.78 is 13.5. The molecule has 1 unspecified atom stereocenters. The molecular formula is C26H29FN4O. The quantitative estimate of drug-likeness (QED) is 0.600. The first-order valence-corrected chi connectivity index (χ1v) is 11.2. The molecule has 0 radical (unpaired) electrons. The minimum atomic E-state index is -0.285. The number of hydrogen-bond donors (Lipinski definition) is 1. The van der Waals surface area contributed by atoms with Crippen molar-refractivity contribution in [2.24, 2.45) is 5.92 Å². The van der Waals surface area contributed by atoms with Gasteiger partial charge < -0.3 is 10.2 Å². The number of rotatable bonds is 6. The average Bonchev–Trinajstić information content (AvgIpc) is 2.83. The molecule has 5 nitrogen and oxygen atoms in total. The maximum absolute atomic E-state index is 13.5. The lowest BCUT2D eigenvalue weighted by Crippen LogP contribution is -2.43.